The zero-order chi connectivity index (χ0) is 37.7. The maximum atomic E-state index is 2.56. The molecule has 9 aromatic rings. The molecule has 2 atom stereocenters. The zero-order valence-corrected chi connectivity index (χ0v) is 32.5. The SMILES string of the molecule is Cc1ccc(C2=Cc3c(n(-c4ccccc4)c4cc5c(cc34)C(C)C(C)c3cc4c6cc(-c7ccc(C)cc7)ccc6n(-c6ccccc6)c4cc3-5)CC2)cc1. The van der Waals surface area contributed by atoms with Gasteiger partial charge in [0.25, 0.3) is 0 Å². The maximum Gasteiger partial charge on any atom is 0.0547 e. The molecule has 0 N–H and O–H groups in total. The van der Waals surface area contributed by atoms with Crippen LogP contribution in [0.2, 0.25) is 0 Å². The van der Waals surface area contributed by atoms with Gasteiger partial charge in [0.15, 0.2) is 0 Å². The normalized spacial score (nSPS) is 16.2. The summed E-state index contributed by atoms with van der Waals surface area (Å²) < 4.78 is 5.04. The molecule has 2 aliphatic rings. The quantitative estimate of drug-likeness (QED) is 0.171. The number of rotatable bonds is 4. The van der Waals surface area contributed by atoms with E-state index in [0.29, 0.717) is 11.8 Å². The minimum absolute atomic E-state index is 0.362. The van der Waals surface area contributed by atoms with E-state index < -0.39 is 0 Å². The molecule has 0 saturated heterocycles. The van der Waals surface area contributed by atoms with Gasteiger partial charge in [0.05, 0.1) is 16.6 Å². The fourth-order valence-corrected chi connectivity index (χ4v) is 9.82. The number of aryl methyl sites for hydroxylation is 2. The van der Waals surface area contributed by atoms with Crippen molar-refractivity contribution in [1.29, 1.82) is 0 Å². The molecule has 0 radical (unpaired) electrons. The molecule has 0 spiro atoms. The largest absolute Gasteiger partial charge is 0.313 e. The van der Waals surface area contributed by atoms with Gasteiger partial charge in [0, 0.05) is 38.8 Å². The molecule has 7 aromatic carbocycles. The van der Waals surface area contributed by atoms with Gasteiger partial charge in [-0.3, -0.25) is 0 Å². The molecule has 2 aromatic heterocycles. The molecule has 270 valence electrons. The summed E-state index contributed by atoms with van der Waals surface area (Å²) >= 11 is 0. The minimum atomic E-state index is 0.362. The number of nitrogens with zero attached hydrogens (tertiary/aromatic N) is 2. The van der Waals surface area contributed by atoms with E-state index >= 15 is 0 Å². The van der Waals surface area contributed by atoms with Crippen molar-refractivity contribution in [3.8, 4) is 33.6 Å². The summed E-state index contributed by atoms with van der Waals surface area (Å²) in [5.41, 5.74) is 22.4. The van der Waals surface area contributed by atoms with Crippen LogP contribution in [0.5, 0.6) is 0 Å². The fraction of sp³-hybridized carbons (Fsp3) is 0.148. The van der Waals surface area contributed by atoms with E-state index in [0.717, 1.165) is 12.8 Å². The molecule has 0 aliphatic heterocycles. The van der Waals surface area contributed by atoms with Gasteiger partial charge in [0.2, 0.25) is 0 Å². The van der Waals surface area contributed by atoms with Crippen molar-refractivity contribution in [2.75, 3.05) is 0 Å². The highest BCUT2D eigenvalue weighted by atomic mass is 15.0. The Morgan fingerprint density at radius 3 is 1.59 bits per heavy atom. The summed E-state index contributed by atoms with van der Waals surface area (Å²) in [6.07, 6.45) is 4.53. The van der Waals surface area contributed by atoms with Gasteiger partial charge >= 0.3 is 0 Å². The highest BCUT2D eigenvalue weighted by Gasteiger charge is 2.32. The van der Waals surface area contributed by atoms with E-state index in [9.17, 15) is 0 Å². The lowest BCUT2D eigenvalue weighted by Gasteiger charge is -2.32. The number of aromatic nitrogens is 2. The molecule has 2 nitrogen and oxygen atoms in total. The molecule has 11 rings (SSSR count). The standard InChI is InChI=1S/C54H44N2/c1-33-15-19-37(20-16-33)39-23-25-51-47(27-39)49-29-43-35(3)36(4)44-30-50-48-28-40(38-21-17-34(2)18-22-38)24-26-52(48)56(42-13-9-6-10-14-42)54(50)32-46(44)45(43)31-53(49)55(51)41-11-7-5-8-12-41/h5-23,25,27-32,35-36H,24,26H2,1-4H3. The van der Waals surface area contributed by atoms with E-state index in [1.807, 2.05) is 0 Å². The highest BCUT2D eigenvalue weighted by molar-refractivity contribution is 6.12. The van der Waals surface area contributed by atoms with Crippen LogP contribution in [-0.4, -0.2) is 9.13 Å². The molecule has 2 unspecified atom stereocenters. The third-order valence-corrected chi connectivity index (χ3v) is 13.0. The first-order valence-electron chi connectivity index (χ1n) is 20.2. The smallest absolute Gasteiger partial charge is 0.0547 e. The Balaban J connectivity index is 1.18. The topological polar surface area (TPSA) is 9.86 Å². The van der Waals surface area contributed by atoms with Crippen molar-refractivity contribution in [1.82, 2.24) is 9.13 Å². The summed E-state index contributed by atoms with van der Waals surface area (Å²) in [5, 5.41) is 3.97. The maximum absolute atomic E-state index is 2.56. The van der Waals surface area contributed by atoms with Crippen LogP contribution >= 0.6 is 0 Å². The molecule has 0 bridgehead atoms. The molecule has 56 heavy (non-hydrogen) atoms. The van der Waals surface area contributed by atoms with Crippen LogP contribution in [0.3, 0.4) is 0 Å². The number of benzene rings is 7. The van der Waals surface area contributed by atoms with Gasteiger partial charge < -0.3 is 9.13 Å². The number of fused-ring (bicyclic) bond motifs is 9. The molecule has 0 amide bonds. The van der Waals surface area contributed by atoms with Gasteiger partial charge in [-0.1, -0.05) is 116 Å². The third-order valence-electron chi connectivity index (χ3n) is 13.0. The second-order valence-corrected chi connectivity index (χ2v) is 16.3. The molecule has 2 heteroatoms. The second kappa shape index (κ2) is 12.6. The lowest BCUT2D eigenvalue weighted by Crippen LogP contribution is -2.13. The van der Waals surface area contributed by atoms with E-state index in [2.05, 4.69) is 195 Å². The number of allylic oxidation sites excluding steroid dienone is 1. The second-order valence-electron chi connectivity index (χ2n) is 16.3. The summed E-state index contributed by atoms with van der Waals surface area (Å²) in [6, 6.07) is 57.1. The molecule has 0 fully saturated rings. The average Bonchev–Trinajstić information content (AvgIpc) is 3.73. The average molecular weight is 721 g/mol. The Labute approximate surface area is 329 Å². The molecular formula is C54H44N2. The summed E-state index contributed by atoms with van der Waals surface area (Å²) in [7, 11) is 0. The van der Waals surface area contributed by atoms with Crippen molar-refractivity contribution in [2.45, 2.75) is 52.4 Å². The Kier molecular flexibility index (Phi) is 7.41. The van der Waals surface area contributed by atoms with E-state index in [-0.39, 0.29) is 0 Å². The molecule has 2 heterocycles. The number of para-hydroxylation sites is 2. The van der Waals surface area contributed by atoms with Crippen LogP contribution in [0, 0.1) is 13.8 Å². The van der Waals surface area contributed by atoms with Crippen molar-refractivity contribution < 1.29 is 0 Å². The van der Waals surface area contributed by atoms with Gasteiger partial charge in [-0.15, -0.1) is 0 Å². The summed E-state index contributed by atoms with van der Waals surface area (Å²) in [4.78, 5) is 0. The Hall–Kier alpha value is -6.38. The number of hydrogen-bond donors (Lipinski definition) is 0. The van der Waals surface area contributed by atoms with Crippen molar-refractivity contribution in [2.24, 2.45) is 0 Å². The Morgan fingerprint density at radius 1 is 0.446 bits per heavy atom. The monoisotopic (exact) mass is 720 g/mol. The predicted octanol–water partition coefficient (Wildman–Crippen LogP) is 14.4. The van der Waals surface area contributed by atoms with Crippen molar-refractivity contribution >= 4 is 44.4 Å². The van der Waals surface area contributed by atoms with Crippen LogP contribution in [-0.2, 0) is 6.42 Å². The molecule has 0 saturated carbocycles. The molecule has 2 aliphatic carbocycles. The van der Waals surface area contributed by atoms with Gasteiger partial charge in [-0.2, -0.15) is 0 Å². The van der Waals surface area contributed by atoms with Crippen molar-refractivity contribution in [3.05, 3.63) is 191 Å². The van der Waals surface area contributed by atoms with E-state index in [1.54, 1.807) is 0 Å². The van der Waals surface area contributed by atoms with Crippen LogP contribution in [0.15, 0.2) is 152 Å². The first-order valence-corrected chi connectivity index (χ1v) is 20.2. The minimum Gasteiger partial charge on any atom is -0.313 e. The Bertz CT molecular complexity index is 3030. The van der Waals surface area contributed by atoms with E-state index in [4.69, 9.17) is 0 Å². The predicted molar refractivity (Wildman–Crippen MR) is 237 cm³/mol. The Morgan fingerprint density at radius 2 is 0.964 bits per heavy atom. The van der Waals surface area contributed by atoms with Gasteiger partial charge in [0.1, 0.15) is 0 Å². The van der Waals surface area contributed by atoms with Gasteiger partial charge in [-0.05, 0) is 150 Å². The van der Waals surface area contributed by atoms with Crippen molar-refractivity contribution in [3.63, 3.8) is 0 Å². The summed E-state index contributed by atoms with van der Waals surface area (Å²) in [6.45, 7) is 9.21. The highest BCUT2D eigenvalue weighted by Crippen LogP contribution is 2.52. The van der Waals surface area contributed by atoms with Crippen LogP contribution < -0.4 is 0 Å². The van der Waals surface area contributed by atoms with Gasteiger partial charge in [-0.25, -0.2) is 0 Å². The zero-order valence-electron chi connectivity index (χ0n) is 32.5. The third kappa shape index (κ3) is 5.02. The summed E-state index contributed by atoms with van der Waals surface area (Å²) in [5.74, 6) is 0.727. The fourth-order valence-electron chi connectivity index (χ4n) is 9.82. The lowest BCUT2D eigenvalue weighted by molar-refractivity contribution is 0.617. The first-order chi connectivity index (χ1) is 27.4. The first kappa shape index (κ1) is 33.0. The number of hydrogen-bond acceptors (Lipinski definition) is 0. The van der Waals surface area contributed by atoms with Crippen LogP contribution in [0.4, 0.5) is 0 Å². The van der Waals surface area contributed by atoms with E-state index in [1.165, 1.54) is 111 Å². The molecular weight excluding hydrogens is 677 g/mol. The van der Waals surface area contributed by atoms with Crippen LogP contribution in [0.25, 0.3) is 78.0 Å². The van der Waals surface area contributed by atoms with Crippen LogP contribution in [0.1, 0.15) is 71.2 Å². The lowest BCUT2D eigenvalue weighted by atomic mass is 9.72.